The predicted octanol–water partition coefficient (Wildman–Crippen LogP) is 3.79. The summed E-state index contributed by atoms with van der Waals surface area (Å²) in [5.41, 5.74) is -0.252. The van der Waals surface area contributed by atoms with Gasteiger partial charge in [-0.05, 0) is 18.2 Å². The summed E-state index contributed by atoms with van der Waals surface area (Å²) >= 11 is 0. The molecule has 0 unspecified atom stereocenters. The molecule has 2 aromatic rings. The van der Waals surface area contributed by atoms with Crippen LogP contribution in [0.15, 0.2) is 48.5 Å². The third-order valence-electron chi connectivity index (χ3n) is 2.85. The van der Waals surface area contributed by atoms with E-state index in [9.17, 15) is 28.1 Å². The molecule has 0 saturated carbocycles. The van der Waals surface area contributed by atoms with E-state index in [0.29, 0.717) is 0 Å². The number of nitro groups is 1. The topological polar surface area (TPSA) is 81.5 Å². The van der Waals surface area contributed by atoms with Gasteiger partial charge in [-0.25, -0.2) is 0 Å². The molecule has 0 fully saturated rings. The molecule has 0 bridgehead atoms. The van der Waals surface area contributed by atoms with Crippen LogP contribution in [0.2, 0.25) is 0 Å². The molecule has 6 nitrogen and oxygen atoms in total. The lowest BCUT2D eigenvalue weighted by Crippen LogP contribution is -2.20. The zero-order valence-electron chi connectivity index (χ0n) is 12.0. The molecule has 1 amide bonds. The number of para-hydroxylation sites is 2. The van der Waals surface area contributed by atoms with Crippen molar-refractivity contribution in [3.05, 3.63) is 64.2 Å². The van der Waals surface area contributed by atoms with Gasteiger partial charge in [0.25, 0.3) is 11.6 Å². The molecule has 0 heterocycles. The fraction of sp³-hybridized carbons (Fsp3) is 0.133. The molecular formula is C15H11F3N2O4. The highest BCUT2D eigenvalue weighted by Crippen LogP contribution is 2.27. The Morgan fingerprint density at radius 1 is 1.17 bits per heavy atom. The Morgan fingerprint density at radius 2 is 1.88 bits per heavy atom. The van der Waals surface area contributed by atoms with E-state index < -0.39 is 23.6 Å². The number of hydrogen-bond acceptors (Lipinski definition) is 4. The zero-order valence-corrected chi connectivity index (χ0v) is 12.0. The molecule has 126 valence electrons. The molecule has 0 aliphatic heterocycles. The van der Waals surface area contributed by atoms with Gasteiger partial charge < -0.3 is 10.1 Å². The molecule has 2 rings (SSSR count). The molecular weight excluding hydrogens is 329 g/mol. The number of nitrogens with one attached hydrogen (secondary N) is 1. The molecule has 0 saturated heterocycles. The first-order valence-electron chi connectivity index (χ1n) is 6.60. The number of benzene rings is 2. The second-order valence-electron chi connectivity index (χ2n) is 4.66. The highest BCUT2D eigenvalue weighted by Gasteiger charge is 2.29. The fourth-order valence-electron chi connectivity index (χ4n) is 1.81. The molecule has 0 aromatic heterocycles. The van der Waals surface area contributed by atoms with Crippen LogP contribution >= 0.6 is 0 Å². The SMILES string of the molecule is O=C(Nc1ccccc1OCC(F)(F)F)c1cccc([N+](=O)[O-])c1. The summed E-state index contributed by atoms with van der Waals surface area (Å²) in [5, 5.41) is 13.1. The van der Waals surface area contributed by atoms with Gasteiger partial charge in [-0.1, -0.05) is 18.2 Å². The lowest BCUT2D eigenvalue weighted by Gasteiger charge is -2.13. The lowest BCUT2D eigenvalue weighted by atomic mass is 10.2. The number of anilines is 1. The van der Waals surface area contributed by atoms with Gasteiger partial charge in [0.15, 0.2) is 6.61 Å². The minimum Gasteiger partial charge on any atom is -0.482 e. The standard InChI is InChI=1S/C15H11F3N2O4/c16-15(17,18)9-24-13-7-2-1-6-12(13)19-14(21)10-4-3-5-11(8-10)20(22)23/h1-8H,9H2,(H,19,21). The normalized spacial score (nSPS) is 11.0. The highest BCUT2D eigenvalue weighted by molar-refractivity contribution is 6.05. The third kappa shape index (κ3) is 4.70. The van der Waals surface area contributed by atoms with E-state index in [2.05, 4.69) is 10.1 Å². The van der Waals surface area contributed by atoms with Gasteiger partial charge in [-0.3, -0.25) is 14.9 Å². The maximum Gasteiger partial charge on any atom is 0.422 e. The predicted molar refractivity (Wildman–Crippen MR) is 79.0 cm³/mol. The van der Waals surface area contributed by atoms with Crippen LogP contribution < -0.4 is 10.1 Å². The van der Waals surface area contributed by atoms with Crippen molar-refractivity contribution in [1.29, 1.82) is 0 Å². The Hall–Kier alpha value is -3.10. The van der Waals surface area contributed by atoms with Crippen LogP contribution in [-0.2, 0) is 0 Å². The van der Waals surface area contributed by atoms with Crippen LogP contribution in [0.25, 0.3) is 0 Å². The van der Waals surface area contributed by atoms with Gasteiger partial charge in [-0.15, -0.1) is 0 Å². The third-order valence-corrected chi connectivity index (χ3v) is 2.85. The summed E-state index contributed by atoms with van der Waals surface area (Å²) < 4.78 is 41.4. The Balaban J connectivity index is 2.17. The largest absolute Gasteiger partial charge is 0.482 e. The van der Waals surface area contributed by atoms with Crippen molar-refractivity contribution in [2.24, 2.45) is 0 Å². The van der Waals surface area contributed by atoms with Gasteiger partial charge in [0.1, 0.15) is 5.75 Å². The average Bonchev–Trinajstić information content (AvgIpc) is 2.53. The number of non-ortho nitro benzene ring substituents is 1. The van der Waals surface area contributed by atoms with E-state index in [1.165, 1.54) is 42.5 Å². The summed E-state index contributed by atoms with van der Waals surface area (Å²) in [5.74, 6) is -0.865. The molecule has 2 aromatic carbocycles. The van der Waals surface area contributed by atoms with Crippen molar-refractivity contribution in [2.75, 3.05) is 11.9 Å². The van der Waals surface area contributed by atoms with Gasteiger partial charge >= 0.3 is 6.18 Å². The summed E-state index contributed by atoms with van der Waals surface area (Å²) in [6.45, 7) is -1.50. The molecule has 0 atom stereocenters. The van der Waals surface area contributed by atoms with Crippen molar-refractivity contribution < 1.29 is 27.6 Å². The first kappa shape index (κ1) is 17.3. The Morgan fingerprint density at radius 3 is 2.54 bits per heavy atom. The van der Waals surface area contributed by atoms with Crippen molar-refractivity contribution >= 4 is 17.3 Å². The number of ether oxygens (including phenoxy) is 1. The first-order valence-corrected chi connectivity index (χ1v) is 6.60. The second kappa shape index (κ2) is 6.99. The van der Waals surface area contributed by atoms with Crippen LogP contribution in [0.3, 0.4) is 0 Å². The van der Waals surface area contributed by atoms with E-state index in [1.807, 2.05) is 0 Å². The van der Waals surface area contributed by atoms with Gasteiger partial charge in [0.2, 0.25) is 0 Å². The molecule has 0 spiro atoms. The number of nitrogens with zero attached hydrogens (tertiary/aromatic N) is 1. The van der Waals surface area contributed by atoms with E-state index >= 15 is 0 Å². The maximum absolute atomic E-state index is 12.2. The summed E-state index contributed by atoms with van der Waals surface area (Å²) in [7, 11) is 0. The number of hydrogen-bond donors (Lipinski definition) is 1. The molecule has 0 aliphatic rings. The molecule has 24 heavy (non-hydrogen) atoms. The van der Waals surface area contributed by atoms with Crippen molar-refractivity contribution in [3.63, 3.8) is 0 Å². The van der Waals surface area contributed by atoms with E-state index in [1.54, 1.807) is 0 Å². The highest BCUT2D eigenvalue weighted by atomic mass is 19.4. The minimum atomic E-state index is -4.52. The number of amides is 1. The second-order valence-corrected chi connectivity index (χ2v) is 4.66. The number of nitro benzene ring substituents is 1. The van der Waals surface area contributed by atoms with Crippen LogP contribution in [0.1, 0.15) is 10.4 Å². The Kier molecular flexibility index (Phi) is 5.02. The monoisotopic (exact) mass is 340 g/mol. The van der Waals surface area contributed by atoms with Crippen molar-refractivity contribution in [1.82, 2.24) is 0 Å². The summed E-state index contributed by atoms with van der Waals surface area (Å²) in [4.78, 5) is 22.2. The quantitative estimate of drug-likeness (QED) is 0.663. The summed E-state index contributed by atoms with van der Waals surface area (Å²) in [6, 6.07) is 10.6. The van der Waals surface area contributed by atoms with E-state index in [0.717, 1.165) is 6.07 Å². The number of halogens is 3. The number of rotatable bonds is 5. The first-order chi connectivity index (χ1) is 11.3. The van der Waals surface area contributed by atoms with Gasteiger partial charge in [0, 0.05) is 17.7 Å². The van der Waals surface area contributed by atoms with Crippen LogP contribution in [0, 0.1) is 10.1 Å². The Bertz CT molecular complexity index is 762. The smallest absolute Gasteiger partial charge is 0.422 e. The van der Waals surface area contributed by atoms with E-state index in [-0.39, 0.29) is 22.7 Å². The molecule has 0 radical (unpaired) electrons. The van der Waals surface area contributed by atoms with Gasteiger partial charge in [0.05, 0.1) is 10.6 Å². The number of alkyl halides is 3. The van der Waals surface area contributed by atoms with Crippen LogP contribution in [-0.4, -0.2) is 23.6 Å². The molecule has 9 heteroatoms. The lowest BCUT2D eigenvalue weighted by molar-refractivity contribution is -0.384. The Labute approximate surface area is 134 Å². The van der Waals surface area contributed by atoms with Crippen molar-refractivity contribution in [3.8, 4) is 5.75 Å². The van der Waals surface area contributed by atoms with Gasteiger partial charge in [-0.2, -0.15) is 13.2 Å². The number of carbonyl (C=O) groups excluding carboxylic acids is 1. The minimum absolute atomic E-state index is 0.00479. The molecule has 1 N–H and O–H groups in total. The molecule has 0 aliphatic carbocycles. The fourth-order valence-corrected chi connectivity index (χ4v) is 1.81. The van der Waals surface area contributed by atoms with Crippen LogP contribution in [0.5, 0.6) is 5.75 Å². The van der Waals surface area contributed by atoms with E-state index in [4.69, 9.17) is 0 Å². The maximum atomic E-state index is 12.2. The average molecular weight is 340 g/mol. The van der Waals surface area contributed by atoms with Crippen molar-refractivity contribution in [2.45, 2.75) is 6.18 Å². The van der Waals surface area contributed by atoms with Crippen LogP contribution in [0.4, 0.5) is 24.5 Å². The number of carbonyl (C=O) groups is 1. The zero-order chi connectivity index (χ0) is 17.7. The summed E-state index contributed by atoms with van der Waals surface area (Å²) in [6.07, 6.45) is -4.52.